The lowest BCUT2D eigenvalue weighted by Crippen LogP contribution is -2.36. The number of carbonyl (C=O) groups excluding carboxylic acids is 1. The maximum Gasteiger partial charge on any atom is 0.223 e. The lowest BCUT2D eigenvalue weighted by atomic mass is 9.94. The summed E-state index contributed by atoms with van der Waals surface area (Å²) < 4.78 is 0. The van der Waals surface area contributed by atoms with Crippen molar-refractivity contribution in [2.45, 2.75) is 25.8 Å². The van der Waals surface area contributed by atoms with Crippen LogP contribution in [0, 0.1) is 5.92 Å². The lowest BCUT2D eigenvalue weighted by molar-refractivity contribution is -0.133. The fraction of sp³-hybridized carbons (Fsp3) is 0.562. The summed E-state index contributed by atoms with van der Waals surface area (Å²) in [4.78, 5) is 14.2. The molecule has 0 unspecified atom stereocenters. The second-order valence-corrected chi connectivity index (χ2v) is 5.42. The smallest absolute Gasteiger partial charge is 0.223 e. The quantitative estimate of drug-likeness (QED) is 0.826. The van der Waals surface area contributed by atoms with Crippen molar-refractivity contribution in [3.05, 3.63) is 35.9 Å². The van der Waals surface area contributed by atoms with Crippen LogP contribution >= 0.6 is 0 Å². The van der Waals surface area contributed by atoms with E-state index in [1.54, 1.807) is 4.90 Å². The number of nitrogens with zero attached hydrogens (tertiary/aromatic N) is 1. The van der Waals surface area contributed by atoms with Crippen molar-refractivity contribution in [1.29, 1.82) is 0 Å². The zero-order valence-corrected chi connectivity index (χ0v) is 11.9. The molecule has 4 nitrogen and oxygen atoms in total. The molecule has 2 N–H and O–H groups in total. The number of carbonyl (C=O) groups is 1. The number of hydrogen-bond donors (Lipinski definition) is 2. The van der Waals surface area contributed by atoms with E-state index in [2.05, 4.69) is 5.32 Å². The highest BCUT2D eigenvalue weighted by atomic mass is 16.3. The van der Waals surface area contributed by atoms with Crippen LogP contribution in [0.2, 0.25) is 0 Å². The molecule has 1 aliphatic heterocycles. The third kappa shape index (κ3) is 4.62. The van der Waals surface area contributed by atoms with E-state index in [1.165, 1.54) is 0 Å². The van der Waals surface area contributed by atoms with Gasteiger partial charge in [-0.25, -0.2) is 0 Å². The molecule has 4 heteroatoms. The maximum absolute atomic E-state index is 12.4. The Bertz CT molecular complexity index is 402. The van der Waals surface area contributed by atoms with Crippen molar-refractivity contribution in [1.82, 2.24) is 10.2 Å². The van der Waals surface area contributed by atoms with Gasteiger partial charge in [-0.15, -0.1) is 0 Å². The van der Waals surface area contributed by atoms with Crippen molar-refractivity contribution in [2.75, 3.05) is 26.2 Å². The van der Waals surface area contributed by atoms with Gasteiger partial charge in [0.2, 0.25) is 5.91 Å². The van der Waals surface area contributed by atoms with Gasteiger partial charge in [-0.05, 0) is 37.4 Å². The predicted octanol–water partition coefficient (Wildman–Crippen LogP) is 1.40. The molecule has 110 valence electrons. The second kappa shape index (κ2) is 8.02. The van der Waals surface area contributed by atoms with Crippen LogP contribution in [0.5, 0.6) is 0 Å². The van der Waals surface area contributed by atoms with Crippen LogP contribution in [0.4, 0.5) is 0 Å². The van der Waals surface area contributed by atoms with Crippen molar-refractivity contribution in [3.8, 4) is 0 Å². The van der Waals surface area contributed by atoms with Gasteiger partial charge in [-0.2, -0.15) is 0 Å². The number of rotatable bonds is 6. The molecule has 0 radical (unpaired) electrons. The number of aliphatic hydroxyl groups is 1. The molecule has 20 heavy (non-hydrogen) atoms. The van der Waals surface area contributed by atoms with Crippen molar-refractivity contribution in [3.63, 3.8) is 0 Å². The number of aliphatic hydroxyl groups excluding tert-OH is 1. The number of nitrogens with one attached hydrogen (secondary N) is 1. The van der Waals surface area contributed by atoms with Gasteiger partial charge in [0.15, 0.2) is 0 Å². The van der Waals surface area contributed by atoms with Gasteiger partial charge in [0.1, 0.15) is 0 Å². The fourth-order valence-electron chi connectivity index (χ4n) is 2.68. The van der Waals surface area contributed by atoms with Crippen LogP contribution in [0.25, 0.3) is 0 Å². The Morgan fingerprint density at radius 3 is 2.60 bits per heavy atom. The molecule has 1 fully saturated rings. The van der Waals surface area contributed by atoms with Gasteiger partial charge in [0.25, 0.3) is 0 Å². The predicted molar refractivity (Wildman–Crippen MR) is 79.2 cm³/mol. The monoisotopic (exact) mass is 276 g/mol. The van der Waals surface area contributed by atoms with Crippen LogP contribution in [0.15, 0.2) is 30.3 Å². The van der Waals surface area contributed by atoms with Crippen molar-refractivity contribution >= 4 is 5.91 Å². The Morgan fingerprint density at radius 1 is 1.25 bits per heavy atom. The van der Waals surface area contributed by atoms with Gasteiger partial charge in [0.05, 0.1) is 6.61 Å². The highest BCUT2D eigenvalue weighted by Gasteiger charge is 2.20. The van der Waals surface area contributed by atoms with E-state index in [4.69, 9.17) is 5.11 Å². The van der Waals surface area contributed by atoms with Gasteiger partial charge in [0, 0.05) is 19.5 Å². The normalized spacial score (nSPS) is 16.1. The summed E-state index contributed by atoms with van der Waals surface area (Å²) in [5.74, 6) is 0.649. The molecule has 0 spiro atoms. The lowest BCUT2D eigenvalue weighted by Gasteiger charge is -2.27. The van der Waals surface area contributed by atoms with Gasteiger partial charge in [-0.3, -0.25) is 4.79 Å². The first-order valence-electron chi connectivity index (χ1n) is 7.43. The number of benzene rings is 1. The highest BCUT2D eigenvalue weighted by Crippen LogP contribution is 2.18. The fourth-order valence-corrected chi connectivity index (χ4v) is 2.68. The summed E-state index contributed by atoms with van der Waals surface area (Å²) in [6.45, 7) is 3.04. The van der Waals surface area contributed by atoms with Crippen LogP contribution in [0.1, 0.15) is 24.8 Å². The Hall–Kier alpha value is -1.39. The molecule has 0 aromatic heterocycles. The Balaban J connectivity index is 1.91. The van der Waals surface area contributed by atoms with E-state index >= 15 is 0 Å². The summed E-state index contributed by atoms with van der Waals surface area (Å²) in [5, 5.41) is 12.5. The highest BCUT2D eigenvalue weighted by molar-refractivity contribution is 5.76. The molecule has 1 aromatic carbocycles. The molecular weight excluding hydrogens is 252 g/mol. The average Bonchev–Trinajstić information content (AvgIpc) is 2.49. The summed E-state index contributed by atoms with van der Waals surface area (Å²) >= 11 is 0. The largest absolute Gasteiger partial charge is 0.395 e. The minimum Gasteiger partial charge on any atom is -0.395 e. The van der Waals surface area contributed by atoms with Crippen LogP contribution in [0.3, 0.4) is 0 Å². The number of hydrogen-bond acceptors (Lipinski definition) is 3. The first-order valence-corrected chi connectivity index (χ1v) is 7.43. The molecule has 0 bridgehead atoms. The van der Waals surface area contributed by atoms with Gasteiger partial charge < -0.3 is 15.3 Å². The van der Waals surface area contributed by atoms with Crippen molar-refractivity contribution in [2.24, 2.45) is 5.92 Å². The molecule has 0 saturated carbocycles. The van der Waals surface area contributed by atoms with E-state index < -0.39 is 0 Å². The molecule has 2 rings (SSSR count). The third-order valence-electron chi connectivity index (χ3n) is 3.86. The van der Waals surface area contributed by atoms with Crippen LogP contribution in [-0.4, -0.2) is 42.2 Å². The molecule has 0 aliphatic carbocycles. The Kier molecular flexibility index (Phi) is 6.02. The van der Waals surface area contributed by atoms with E-state index in [-0.39, 0.29) is 12.5 Å². The van der Waals surface area contributed by atoms with E-state index in [0.29, 0.717) is 25.4 Å². The van der Waals surface area contributed by atoms with Crippen LogP contribution in [-0.2, 0) is 11.3 Å². The molecule has 0 atom stereocenters. The zero-order chi connectivity index (χ0) is 14.2. The van der Waals surface area contributed by atoms with Crippen molar-refractivity contribution < 1.29 is 9.90 Å². The third-order valence-corrected chi connectivity index (χ3v) is 3.86. The van der Waals surface area contributed by atoms with Gasteiger partial charge >= 0.3 is 0 Å². The molecular formula is C16H24N2O2. The summed E-state index contributed by atoms with van der Waals surface area (Å²) in [5.41, 5.74) is 1.11. The van der Waals surface area contributed by atoms with E-state index in [9.17, 15) is 4.79 Å². The first kappa shape index (κ1) is 15.0. The average molecular weight is 276 g/mol. The van der Waals surface area contributed by atoms with E-state index in [1.807, 2.05) is 30.3 Å². The zero-order valence-electron chi connectivity index (χ0n) is 11.9. The number of piperidine rings is 1. The minimum absolute atomic E-state index is 0.0186. The molecule has 1 heterocycles. The summed E-state index contributed by atoms with van der Waals surface area (Å²) in [6, 6.07) is 9.95. The van der Waals surface area contributed by atoms with Gasteiger partial charge in [-0.1, -0.05) is 30.3 Å². The second-order valence-electron chi connectivity index (χ2n) is 5.42. The number of amides is 1. The molecule has 1 saturated heterocycles. The Labute approximate surface area is 120 Å². The van der Waals surface area contributed by atoms with E-state index in [0.717, 1.165) is 31.5 Å². The summed E-state index contributed by atoms with van der Waals surface area (Å²) in [7, 11) is 0. The Morgan fingerprint density at radius 2 is 1.95 bits per heavy atom. The standard InChI is InChI=1S/C16H24N2O2/c19-11-10-18(13-15-4-2-1-3-5-15)16(20)12-14-6-8-17-9-7-14/h1-5,14,17,19H,6-13H2. The minimum atomic E-state index is 0.0186. The maximum atomic E-state index is 12.4. The summed E-state index contributed by atoms with van der Waals surface area (Å²) in [6.07, 6.45) is 2.75. The molecule has 1 amide bonds. The topological polar surface area (TPSA) is 52.6 Å². The SMILES string of the molecule is O=C(CC1CCNCC1)N(CCO)Cc1ccccc1. The first-order chi connectivity index (χ1) is 9.79. The molecule has 1 aromatic rings. The van der Waals surface area contributed by atoms with Crippen LogP contribution < -0.4 is 5.32 Å². The molecule has 1 aliphatic rings.